The lowest BCUT2D eigenvalue weighted by Crippen LogP contribution is -2.38. The highest BCUT2D eigenvalue weighted by atomic mass is 32.2. The second kappa shape index (κ2) is 9.02. The number of aryl methyl sites for hydroxylation is 2. The highest BCUT2D eigenvalue weighted by Crippen LogP contribution is 2.39. The van der Waals surface area contributed by atoms with E-state index >= 15 is 0 Å². The average Bonchev–Trinajstić information content (AvgIpc) is 3.11. The molecule has 0 radical (unpaired) electrons. The van der Waals surface area contributed by atoms with Crippen molar-refractivity contribution in [3.05, 3.63) is 64.2 Å². The monoisotopic (exact) mass is 493 g/mol. The van der Waals surface area contributed by atoms with E-state index in [2.05, 4.69) is 11.1 Å². The molecule has 0 aliphatic carbocycles. The molecule has 2 aromatic carbocycles. The van der Waals surface area contributed by atoms with E-state index in [0.29, 0.717) is 22.7 Å². The fourth-order valence-electron chi connectivity index (χ4n) is 3.74. The minimum absolute atomic E-state index is 0.0329. The Morgan fingerprint density at radius 3 is 2.64 bits per heavy atom. The summed E-state index contributed by atoms with van der Waals surface area (Å²) in [5, 5.41) is 9.81. The predicted octanol–water partition coefficient (Wildman–Crippen LogP) is 6.99. The topological polar surface area (TPSA) is 59.4 Å². The van der Waals surface area contributed by atoms with E-state index in [9.17, 15) is 18.0 Å². The van der Waals surface area contributed by atoms with Crippen LogP contribution >= 0.6 is 23.1 Å². The smallest absolute Gasteiger partial charge is 0.416 e. The van der Waals surface area contributed by atoms with Gasteiger partial charge in [0.15, 0.2) is 0 Å². The molecule has 0 saturated carbocycles. The van der Waals surface area contributed by atoms with Gasteiger partial charge in [-0.25, -0.2) is 4.98 Å². The molecule has 1 aromatic heterocycles. The number of hydrogen-bond donors (Lipinski definition) is 1. The summed E-state index contributed by atoms with van der Waals surface area (Å²) in [5.74, 6) is 0.553. The SMILES string of the molecule is Cc1nc(-c2ccc(C(F)(F)F)cc2)sc1CSc1ccc2c(c1)CCC(C)(CC(=O)O)O2. The van der Waals surface area contributed by atoms with Gasteiger partial charge in [0.05, 0.1) is 17.7 Å². The second-order valence-corrected chi connectivity index (χ2v) is 10.4. The summed E-state index contributed by atoms with van der Waals surface area (Å²) in [6.45, 7) is 3.73. The Balaban J connectivity index is 1.43. The number of ether oxygens (including phenoxy) is 1. The van der Waals surface area contributed by atoms with Gasteiger partial charge < -0.3 is 9.84 Å². The van der Waals surface area contributed by atoms with E-state index in [1.165, 1.54) is 23.5 Å². The number of fused-ring (bicyclic) bond motifs is 1. The molecule has 0 amide bonds. The van der Waals surface area contributed by atoms with Crippen molar-refractivity contribution in [1.29, 1.82) is 0 Å². The molecule has 1 N–H and O–H groups in total. The number of carbonyl (C=O) groups is 1. The van der Waals surface area contributed by atoms with Gasteiger partial charge in [0.25, 0.3) is 0 Å². The van der Waals surface area contributed by atoms with Crippen LogP contribution < -0.4 is 4.74 Å². The maximum atomic E-state index is 12.8. The molecule has 0 bridgehead atoms. The summed E-state index contributed by atoms with van der Waals surface area (Å²) in [4.78, 5) is 17.8. The summed E-state index contributed by atoms with van der Waals surface area (Å²) in [6, 6.07) is 11.0. The molecule has 2 heterocycles. The molecule has 1 aliphatic rings. The normalized spacial score (nSPS) is 18.0. The van der Waals surface area contributed by atoms with Crippen LogP contribution in [0.25, 0.3) is 10.6 Å². The van der Waals surface area contributed by atoms with Crippen molar-refractivity contribution in [3.63, 3.8) is 0 Å². The number of aliphatic carboxylic acids is 1. The van der Waals surface area contributed by atoms with Gasteiger partial charge in [-0.15, -0.1) is 23.1 Å². The number of thiazole rings is 1. The van der Waals surface area contributed by atoms with Gasteiger partial charge in [-0.05, 0) is 62.6 Å². The van der Waals surface area contributed by atoms with Crippen molar-refractivity contribution in [2.75, 3.05) is 0 Å². The lowest BCUT2D eigenvalue weighted by molar-refractivity contribution is -0.141. The summed E-state index contributed by atoms with van der Waals surface area (Å²) in [7, 11) is 0. The fourth-order valence-corrected chi connectivity index (χ4v) is 5.91. The molecule has 1 atom stereocenters. The number of aromatic nitrogens is 1. The zero-order valence-corrected chi connectivity index (χ0v) is 19.7. The van der Waals surface area contributed by atoms with Crippen LogP contribution in [0.2, 0.25) is 0 Å². The van der Waals surface area contributed by atoms with Crippen LogP contribution in [-0.2, 0) is 23.1 Å². The van der Waals surface area contributed by atoms with Crippen LogP contribution in [-0.4, -0.2) is 21.7 Å². The lowest BCUT2D eigenvalue weighted by atomic mass is 9.90. The van der Waals surface area contributed by atoms with Crippen molar-refractivity contribution >= 4 is 29.1 Å². The second-order valence-electron chi connectivity index (χ2n) is 8.28. The number of nitrogens with zero attached hydrogens (tertiary/aromatic N) is 1. The number of rotatable bonds is 6. The number of carboxylic acids is 1. The molecule has 0 fully saturated rings. The highest BCUT2D eigenvalue weighted by Gasteiger charge is 2.34. The van der Waals surface area contributed by atoms with Crippen molar-refractivity contribution in [2.24, 2.45) is 0 Å². The Labute approximate surface area is 197 Å². The standard InChI is InChI=1S/C24H22F3NO3S2/c1-14-20(33-22(28-14)15-3-5-17(6-4-15)24(25,26)27)13-32-18-7-8-19-16(11-18)9-10-23(2,31-19)12-21(29)30/h3-8,11H,9-10,12-13H2,1-2H3,(H,29,30). The van der Waals surface area contributed by atoms with Crippen molar-refractivity contribution < 1.29 is 27.8 Å². The minimum Gasteiger partial charge on any atom is -0.487 e. The summed E-state index contributed by atoms with van der Waals surface area (Å²) in [6.07, 6.45) is -2.99. The molecular formula is C24H22F3NO3S2. The number of carboxylic acid groups (broad SMARTS) is 1. The Morgan fingerprint density at radius 1 is 1.24 bits per heavy atom. The number of benzene rings is 2. The zero-order valence-electron chi connectivity index (χ0n) is 18.0. The Kier molecular flexibility index (Phi) is 6.46. The van der Waals surface area contributed by atoms with E-state index in [1.54, 1.807) is 11.8 Å². The van der Waals surface area contributed by atoms with Gasteiger partial charge in [0, 0.05) is 21.1 Å². The molecule has 4 rings (SSSR count). The maximum Gasteiger partial charge on any atom is 0.416 e. The first-order valence-electron chi connectivity index (χ1n) is 10.3. The van der Waals surface area contributed by atoms with Gasteiger partial charge in [-0.2, -0.15) is 13.2 Å². The minimum atomic E-state index is -4.35. The van der Waals surface area contributed by atoms with E-state index in [4.69, 9.17) is 9.84 Å². The Morgan fingerprint density at radius 2 is 1.97 bits per heavy atom. The lowest BCUT2D eigenvalue weighted by Gasteiger charge is -2.34. The van der Waals surface area contributed by atoms with E-state index < -0.39 is 23.3 Å². The molecule has 33 heavy (non-hydrogen) atoms. The molecule has 4 nitrogen and oxygen atoms in total. The first-order valence-corrected chi connectivity index (χ1v) is 12.1. The zero-order chi connectivity index (χ0) is 23.8. The van der Waals surface area contributed by atoms with Gasteiger partial charge >= 0.3 is 12.1 Å². The van der Waals surface area contributed by atoms with Crippen LogP contribution in [0, 0.1) is 6.92 Å². The Bertz CT molecular complexity index is 1170. The Hall–Kier alpha value is -2.52. The first-order chi connectivity index (χ1) is 15.5. The fraction of sp³-hybridized carbons (Fsp3) is 0.333. The van der Waals surface area contributed by atoms with Crippen molar-refractivity contribution in [2.45, 2.75) is 55.5 Å². The molecule has 0 spiro atoms. The van der Waals surface area contributed by atoms with E-state index in [-0.39, 0.29) is 6.42 Å². The quantitative estimate of drug-likeness (QED) is 0.375. The van der Waals surface area contributed by atoms with Crippen molar-refractivity contribution in [1.82, 2.24) is 4.98 Å². The van der Waals surface area contributed by atoms with Crippen LogP contribution in [0.3, 0.4) is 0 Å². The molecule has 3 aromatic rings. The highest BCUT2D eigenvalue weighted by molar-refractivity contribution is 7.98. The summed E-state index contributed by atoms with van der Waals surface area (Å²) < 4.78 is 44.4. The molecule has 1 unspecified atom stereocenters. The third-order valence-electron chi connectivity index (χ3n) is 5.56. The van der Waals surface area contributed by atoms with E-state index in [0.717, 1.165) is 45.3 Å². The van der Waals surface area contributed by atoms with Crippen LogP contribution in [0.4, 0.5) is 13.2 Å². The predicted molar refractivity (Wildman–Crippen MR) is 123 cm³/mol. The van der Waals surface area contributed by atoms with Gasteiger partial charge in [0.2, 0.25) is 0 Å². The average molecular weight is 494 g/mol. The van der Waals surface area contributed by atoms with Gasteiger partial charge in [0.1, 0.15) is 16.4 Å². The van der Waals surface area contributed by atoms with Crippen molar-refractivity contribution in [3.8, 4) is 16.3 Å². The number of alkyl halides is 3. The van der Waals surface area contributed by atoms with Crippen LogP contribution in [0.1, 0.15) is 41.5 Å². The van der Waals surface area contributed by atoms with Gasteiger partial charge in [-0.1, -0.05) is 12.1 Å². The summed E-state index contributed by atoms with van der Waals surface area (Å²) in [5.41, 5.74) is 1.24. The molecule has 0 saturated heterocycles. The van der Waals surface area contributed by atoms with Crippen LogP contribution in [0.5, 0.6) is 5.75 Å². The van der Waals surface area contributed by atoms with Gasteiger partial charge in [-0.3, -0.25) is 4.79 Å². The molecule has 1 aliphatic heterocycles. The third kappa shape index (κ3) is 5.52. The molecule has 174 valence electrons. The summed E-state index contributed by atoms with van der Waals surface area (Å²) >= 11 is 3.14. The number of hydrogen-bond acceptors (Lipinski definition) is 5. The number of thioether (sulfide) groups is 1. The number of halogens is 3. The molecular weight excluding hydrogens is 471 g/mol. The molecule has 9 heteroatoms. The van der Waals surface area contributed by atoms with Crippen LogP contribution in [0.15, 0.2) is 47.4 Å². The largest absolute Gasteiger partial charge is 0.487 e. The van der Waals surface area contributed by atoms with E-state index in [1.807, 2.05) is 26.0 Å². The first kappa shape index (κ1) is 23.6. The third-order valence-corrected chi connectivity index (χ3v) is 7.97. The maximum absolute atomic E-state index is 12.8.